The average Bonchev–Trinajstić information content (AvgIpc) is 2.93. The van der Waals surface area contributed by atoms with Crippen LogP contribution in [0.3, 0.4) is 0 Å². The highest BCUT2D eigenvalue weighted by atomic mass is 16.1. The van der Waals surface area contributed by atoms with Crippen molar-refractivity contribution in [1.82, 2.24) is 0 Å². The smallest absolute Gasteiger partial charge is 0.169 e. The maximum atomic E-state index is 13.3. The summed E-state index contributed by atoms with van der Waals surface area (Å²) in [5.41, 5.74) is 7.28. The van der Waals surface area contributed by atoms with Crippen LogP contribution in [0.2, 0.25) is 0 Å². The molecule has 0 radical (unpaired) electrons. The van der Waals surface area contributed by atoms with Gasteiger partial charge in [-0.15, -0.1) is 0 Å². The van der Waals surface area contributed by atoms with E-state index in [0.29, 0.717) is 5.78 Å². The molecule has 0 bridgehead atoms. The molecular formula is C19H28O. The van der Waals surface area contributed by atoms with Crippen LogP contribution >= 0.6 is 0 Å². The van der Waals surface area contributed by atoms with Crippen LogP contribution in [0.15, 0.2) is 0 Å². The Bertz CT molecular complexity index is 516. The summed E-state index contributed by atoms with van der Waals surface area (Å²) in [6.07, 6.45) is 5.56. The topological polar surface area (TPSA) is 17.1 Å². The number of Topliss-reactive ketones (excluding diaryl/α,β-unsaturated/α-hetero) is 1. The fourth-order valence-electron chi connectivity index (χ4n) is 3.90. The van der Waals surface area contributed by atoms with Gasteiger partial charge in [0, 0.05) is 11.0 Å². The predicted octanol–water partition coefficient (Wildman–Crippen LogP) is 5.38. The molecule has 0 unspecified atom stereocenters. The molecule has 1 aromatic rings. The number of benzene rings is 1. The van der Waals surface area contributed by atoms with Crippen molar-refractivity contribution in [2.45, 2.75) is 73.6 Å². The zero-order chi connectivity index (χ0) is 15.1. The minimum absolute atomic E-state index is 0.0797. The molecule has 0 aliphatic heterocycles. The van der Waals surface area contributed by atoms with Crippen LogP contribution in [0.25, 0.3) is 0 Å². The summed E-state index contributed by atoms with van der Waals surface area (Å²) in [6.45, 7) is 12.9. The van der Waals surface area contributed by atoms with Crippen molar-refractivity contribution < 1.29 is 4.79 Å². The maximum Gasteiger partial charge on any atom is 0.169 e. The molecule has 1 nitrogen and oxygen atoms in total. The molecule has 0 saturated heterocycles. The van der Waals surface area contributed by atoms with E-state index in [-0.39, 0.29) is 5.41 Å². The third-order valence-corrected chi connectivity index (χ3v) is 5.95. The first-order valence-electron chi connectivity index (χ1n) is 7.97. The molecular weight excluding hydrogens is 244 g/mol. The standard InChI is InChI=1S/C19H28O/c1-7-19(10-8-9-11-19)18(20)17-15(5)13(3)12(2)14(4)16(17)6/h7-11H2,1-6H3. The van der Waals surface area contributed by atoms with Crippen molar-refractivity contribution in [2.24, 2.45) is 5.41 Å². The number of rotatable bonds is 3. The van der Waals surface area contributed by atoms with Gasteiger partial charge in [0.1, 0.15) is 0 Å². The zero-order valence-electron chi connectivity index (χ0n) is 13.9. The molecule has 1 aromatic carbocycles. The lowest BCUT2D eigenvalue weighted by Crippen LogP contribution is -2.29. The van der Waals surface area contributed by atoms with Crippen molar-refractivity contribution in [3.8, 4) is 0 Å². The van der Waals surface area contributed by atoms with Gasteiger partial charge in [0.05, 0.1) is 0 Å². The van der Waals surface area contributed by atoms with Crippen LogP contribution in [-0.2, 0) is 0 Å². The molecule has 0 atom stereocenters. The second-order valence-corrected chi connectivity index (χ2v) is 6.67. The van der Waals surface area contributed by atoms with Gasteiger partial charge in [-0.1, -0.05) is 19.8 Å². The summed E-state index contributed by atoms with van der Waals surface area (Å²) in [4.78, 5) is 13.3. The molecule has 1 fully saturated rings. The quantitative estimate of drug-likeness (QED) is 0.675. The first-order chi connectivity index (χ1) is 9.35. The average molecular weight is 272 g/mol. The summed E-state index contributed by atoms with van der Waals surface area (Å²) in [5, 5.41) is 0. The van der Waals surface area contributed by atoms with Crippen LogP contribution in [0.1, 0.15) is 77.2 Å². The fourth-order valence-corrected chi connectivity index (χ4v) is 3.90. The number of carbonyl (C=O) groups is 1. The normalized spacial score (nSPS) is 17.5. The number of ketones is 1. The first-order valence-corrected chi connectivity index (χ1v) is 7.97. The van der Waals surface area contributed by atoms with Crippen LogP contribution < -0.4 is 0 Å². The fraction of sp³-hybridized carbons (Fsp3) is 0.632. The van der Waals surface area contributed by atoms with E-state index in [0.717, 1.165) is 24.8 Å². The summed E-state index contributed by atoms with van der Waals surface area (Å²) in [6, 6.07) is 0. The molecule has 0 spiro atoms. The van der Waals surface area contributed by atoms with Crippen molar-refractivity contribution in [1.29, 1.82) is 0 Å². The molecule has 20 heavy (non-hydrogen) atoms. The van der Waals surface area contributed by atoms with Gasteiger partial charge in [0.15, 0.2) is 5.78 Å². The molecule has 1 saturated carbocycles. The van der Waals surface area contributed by atoms with E-state index in [2.05, 4.69) is 41.5 Å². The first kappa shape index (κ1) is 15.3. The van der Waals surface area contributed by atoms with Crippen LogP contribution in [0.4, 0.5) is 0 Å². The van der Waals surface area contributed by atoms with Crippen molar-refractivity contribution in [3.63, 3.8) is 0 Å². The second-order valence-electron chi connectivity index (χ2n) is 6.67. The molecule has 110 valence electrons. The van der Waals surface area contributed by atoms with Gasteiger partial charge in [-0.3, -0.25) is 4.79 Å². The van der Waals surface area contributed by atoms with Gasteiger partial charge < -0.3 is 0 Å². The van der Waals surface area contributed by atoms with E-state index >= 15 is 0 Å². The van der Waals surface area contributed by atoms with Gasteiger partial charge in [-0.2, -0.15) is 0 Å². The Labute approximate surface area is 123 Å². The summed E-state index contributed by atoms with van der Waals surface area (Å²) in [5.74, 6) is 0.415. The Kier molecular flexibility index (Phi) is 4.09. The van der Waals surface area contributed by atoms with Crippen LogP contribution in [0, 0.1) is 40.0 Å². The number of hydrogen-bond donors (Lipinski definition) is 0. The Morgan fingerprint density at radius 2 is 1.25 bits per heavy atom. The zero-order valence-corrected chi connectivity index (χ0v) is 13.9. The molecule has 0 amide bonds. The van der Waals surface area contributed by atoms with Crippen molar-refractivity contribution in [2.75, 3.05) is 0 Å². The minimum atomic E-state index is -0.0797. The summed E-state index contributed by atoms with van der Waals surface area (Å²) < 4.78 is 0. The lowest BCUT2D eigenvalue weighted by atomic mass is 9.73. The molecule has 1 heteroatoms. The maximum absolute atomic E-state index is 13.3. The number of carbonyl (C=O) groups excluding carboxylic acids is 1. The molecule has 0 aromatic heterocycles. The monoisotopic (exact) mass is 272 g/mol. The number of hydrogen-bond acceptors (Lipinski definition) is 1. The molecule has 0 N–H and O–H groups in total. The van der Waals surface area contributed by atoms with Gasteiger partial charge in [0.2, 0.25) is 0 Å². The van der Waals surface area contributed by atoms with Gasteiger partial charge >= 0.3 is 0 Å². The van der Waals surface area contributed by atoms with Crippen LogP contribution in [0.5, 0.6) is 0 Å². The largest absolute Gasteiger partial charge is 0.294 e. The third kappa shape index (κ3) is 2.12. The molecule has 1 aliphatic carbocycles. The van der Waals surface area contributed by atoms with Crippen molar-refractivity contribution >= 4 is 5.78 Å². The third-order valence-electron chi connectivity index (χ3n) is 5.95. The Hall–Kier alpha value is -1.11. The highest BCUT2D eigenvalue weighted by Crippen LogP contribution is 2.45. The van der Waals surface area contributed by atoms with Crippen molar-refractivity contribution in [3.05, 3.63) is 33.4 Å². The molecule has 2 rings (SSSR count). The van der Waals surface area contributed by atoms with E-state index < -0.39 is 0 Å². The van der Waals surface area contributed by atoms with Gasteiger partial charge in [-0.05, 0) is 81.7 Å². The summed E-state index contributed by atoms with van der Waals surface area (Å²) >= 11 is 0. The highest BCUT2D eigenvalue weighted by molar-refractivity contribution is 6.03. The Balaban J connectivity index is 2.61. The highest BCUT2D eigenvalue weighted by Gasteiger charge is 2.41. The molecule has 1 aliphatic rings. The molecule has 0 heterocycles. The lowest BCUT2D eigenvalue weighted by molar-refractivity contribution is 0.0789. The summed E-state index contributed by atoms with van der Waals surface area (Å²) in [7, 11) is 0. The second kappa shape index (κ2) is 5.35. The van der Waals surface area contributed by atoms with E-state index in [1.165, 1.54) is 40.7 Å². The minimum Gasteiger partial charge on any atom is -0.294 e. The van der Waals surface area contributed by atoms with Gasteiger partial charge in [-0.25, -0.2) is 0 Å². The predicted molar refractivity (Wildman–Crippen MR) is 85.6 cm³/mol. The SMILES string of the molecule is CCC1(C(=O)c2c(C)c(C)c(C)c(C)c2C)CCCC1. The lowest BCUT2D eigenvalue weighted by Gasteiger charge is -2.29. The van der Waals surface area contributed by atoms with Crippen LogP contribution in [-0.4, -0.2) is 5.78 Å². The van der Waals surface area contributed by atoms with Gasteiger partial charge in [0.25, 0.3) is 0 Å². The van der Waals surface area contributed by atoms with E-state index in [9.17, 15) is 4.79 Å². The van der Waals surface area contributed by atoms with E-state index in [1.807, 2.05) is 0 Å². The van der Waals surface area contributed by atoms with E-state index in [4.69, 9.17) is 0 Å². The Morgan fingerprint density at radius 1 is 0.850 bits per heavy atom. The Morgan fingerprint density at radius 3 is 1.65 bits per heavy atom. The van der Waals surface area contributed by atoms with E-state index in [1.54, 1.807) is 0 Å².